The highest BCUT2D eigenvalue weighted by molar-refractivity contribution is 6.47. The van der Waals surface area contributed by atoms with Gasteiger partial charge < -0.3 is 5.32 Å². The first kappa shape index (κ1) is 9.19. The minimum atomic E-state index is -0.478. The Morgan fingerprint density at radius 1 is 1.29 bits per heavy atom. The fourth-order valence-corrected chi connectivity index (χ4v) is 1.84. The molecule has 1 heterocycles. The van der Waals surface area contributed by atoms with Crippen LogP contribution in [0.15, 0.2) is 23.4 Å². The summed E-state index contributed by atoms with van der Waals surface area (Å²) in [4.78, 5) is 22.1. The van der Waals surface area contributed by atoms with Crippen LogP contribution in [0.1, 0.15) is 21.7 Å². The number of hydrogen-bond donors (Lipinski definition) is 1. The minimum Gasteiger partial charge on any atom is -0.319 e. The summed E-state index contributed by atoms with van der Waals surface area (Å²) in [5.74, 6) is 0.260. The van der Waals surface area contributed by atoms with Crippen molar-refractivity contribution in [2.75, 3.05) is 0 Å². The molecule has 1 amide bonds. The van der Waals surface area contributed by atoms with E-state index < -0.39 is 5.91 Å². The molecule has 0 spiro atoms. The van der Waals surface area contributed by atoms with E-state index in [4.69, 9.17) is 0 Å². The van der Waals surface area contributed by atoms with Gasteiger partial charge in [-0.2, -0.15) is 0 Å². The standard InChI is InChI=1S/C9H7NO2.C2H6.H2/c11-8-6-2-4-1-5(4)3-7(6)10-9(8)12;1-2;/h2-5H,1H2,(H,10,12);1-2H3;1H. The Labute approximate surface area is 84.4 Å². The predicted octanol–water partition coefficient (Wildman–Crippen LogP) is 1.42. The number of hydrogen-bond acceptors (Lipinski definition) is 2. The smallest absolute Gasteiger partial charge is 0.296 e. The monoisotopic (exact) mass is 193 g/mol. The second-order valence-electron chi connectivity index (χ2n) is 3.51. The Bertz CT molecular complexity index is 371. The van der Waals surface area contributed by atoms with Gasteiger partial charge in [0.15, 0.2) is 0 Å². The van der Waals surface area contributed by atoms with Gasteiger partial charge in [-0.15, -0.1) is 0 Å². The number of carbonyl (C=O) groups is 2. The lowest BCUT2D eigenvalue weighted by atomic mass is 10.0. The highest BCUT2D eigenvalue weighted by Crippen LogP contribution is 2.46. The largest absolute Gasteiger partial charge is 0.319 e. The van der Waals surface area contributed by atoms with Crippen LogP contribution in [0.2, 0.25) is 0 Å². The zero-order valence-electron chi connectivity index (χ0n) is 8.33. The molecular weight excluding hydrogens is 178 g/mol. The van der Waals surface area contributed by atoms with E-state index in [-0.39, 0.29) is 7.21 Å². The number of amides is 1. The van der Waals surface area contributed by atoms with Gasteiger partial charge in [-0.3, -0.25) is 9.59 Å². The Morgan fingerprint density at radius 3 is 2.64 bits per heavy atom. The van der Waals surface area contributed by atoms with Gasteiger partial charge in [0.05, 0.1) is 0 Å². The molecule has 0 aromatic heterocycles. The summed E-state index contributed by atoms with van der Waals surface area (Å²) in [7, 11) is 0. The zero-order valence-corrected chi connectivity index (χ0v) is 8.33. The van der Waals surface area contributed by atoms with Crippen molar-refractivity contribution in [2.45, 2.75) is 20.3 Å². The number of Topliss-reactive ketones (excluding diaryl/α,β-unsaturated/α-hetero) is 1. The molecule has 0 radical (unpaired) electrons. The molecule has 3 rings (SSSR count). The van der Waals surface area contributed by atoms with Crippen molar-refractivity contribution in [1.82, 2.24) is 5.32 Å². The lowest BCUT2D eigenvalue weighted by Gasteiger charge is -2.02. The van der Waals surface area contributed by atoms with Crippen LogP contribution in [-0.4, -0.2) is 11.7 Å². The van der Waals surface area contributed by atoms with Gasteiger partial charge in [0.25, 0.3) is 11.7 Å². The van der Waals surface area contributed by atoms with E-state index in [1.165, 1.54) is 0 Å². The summed E-state index contributed by atoms with van der Waals surface area (Å²) < 4.78 is 0. The first-order valence-electron chi connectivity index (χ1n) is 5.05. The second kappa shape index (κ2) is 3.08. The van der Waals surface area contributed by atoms with Crippen molar-refractivity contribution in [3.05, 3.63) is 23.4 Å². The number of carbonyl (C=O) groups excluding carboxylic acids is 2. The number of allylic oxidation sites excluding steroid dienone is 3. The number of ketones is 1. The third-order valence-corrected chi connectivity index (χ3v) is 2.64. The molecule has 1 saturated carbocycles. The Balaban J connectivity index is 0.000000356. The summed E-state index contributed by atoms with van der Waals surface area (Å²) in [6.45, 7) is 4.00. The van der Waals surface area contributed by atoms with Gasteiger partial charge in [-0.1, -0.05) is 26.0 Å². The molecule has 3 aliphatic rings. The molecule has 3 heteroatoms. The van der Waals surface area contributed by atoms with E-state index in [1.807, 2.05) is 26.0 Å². The van der Waals surface area contributed by atoms with Crippen molar-refractivity contribution < 1.29 is 11.0 Å². The van der Waals surface area contributed by atoms with Crippen LogP contribution in [0.4, 0.5) is 0 Å². The van der Waals surface area contributed by atoms with Crippen molar-refractivity contribution in [3.63, 3.8) is 0 Å². The summed E-state index contributed by atoms with van der Waals surface area (Å²) >= 11 is 0. The van der Waals surface area contributed by atoms with E-state index >= 15 is 0 Å². The van der Waals surface area contributed by atoms with E-state index in [0.717, 1.165) is 12.1 Å². The van der Waals surface area contributed by atoms with Gasteiger partial charge in [0.2, 0.25) is 0 Å². The third kappa shape index (κ3) is 1.20. The number of nitrogens with one attached hydrogen (secondary N) is 1. The fraction of sp³-hybridized carbons (Fsp3) is 0.455. The second-order valence-corrected chi connectivity index (χ2v) is 3.51. The molecule has 14 heavy (non-hydrogen) atoms. The van der Waals surface area contributed by atoms with E-state index in [9.17, 15) is 9.59 Å². The highest BCUT2D eigenvalue weighted by atomic mass is 16.2. The van der Waals surface area contributed by atoms with Crippen LogP contribution < -0.4 is 5.32 Å². The van der Waals surface area contributed by atoms with Crippen LogP contribution in [0.25, 0.3) is 0 Å². The molecule has 2 fully saturated rings. The van der Waals surface area contributed by atoms with E-state index in [1.54, 1.807) is 0 Å². The Hall–Kier alpha value is -1.38. The normalized spacial score (nSPS) is 31.6. The summed E-state index contributed by atoms with van der Waals surface area (Å²) in [5.41, 5.74) is 1.34. The van der Waals surface area contributed by atoms with Crippen LogP contribution >= 0.6 is 0 Å². The first-order valence-corrected chi connectivity index (χ1v) is 5.05. The Morgan fingerprint density at radius 2 is 1.93 bits per heavy atom. The molecule has 2 aliphatic carbocycles. The third-order valence-electron chi connectivity index (χ3n) is 2.64. The molecule has 0 aromatic carbocycles. The lowest BCUT2D eigenvalue weighted by Crippen LogP contribution is -2.17. The molecular formula is C11H15NO2. The predicted molar refractivity (Wildman–Crippen MR) is 54.4 cm³/mol. The summed E-state index contributed by atoms with van der Waals surface area (Å²) in [6.07, 6.45) is 5.07. The fourth-order valence-electron chi connectivity index (χ4n) is 1.84. The maximum Gasteiger partial charge on any atom is 0.296 e. The molecule has 1 N–H and O–H groups in total. The average Bonchev–Trinajstić information content (AvgIpc) is 2.91. The van der Waals surface area contributed by atoms with Crippen LogP contribution in [0.3, 0.4) is 0 Å². The van der Waals surface area contributed by atoms with Gasteiger partial charge in [-0.25, -0.2) is 0 Å². The topological polar surface area (TPSA) is 46.2 Å². The molecule has 0 aromatic rings. The Kier molecular flexibility index (Phi) is 2.02. The molecule has 1 aliphatic heterocycles. The zero-order chi connectivity index (χ0) is 10.3. The lowest BCUT2D eigenvalue weighted by molar-refractivity contribution is -0.133. The van der Waals surface area contributed by atoms with Crippen LogP contribution in [0, 0.1) is 11.8 Å². The summed E-state index contributed by atoms with van der Waals surface area (Å²) in [5, 5.41) is 2.57. The maximum absolute atomic E-state index is 11.2. The molecule has 0 bridgehead atoms. The van der Waals surface area contributed by atoms with E-state index in [2.05, 4.69) is 5.32 Å². The maximum atomic E-state index is 11.2. The SMILES string of the molecule is CC.O=C1NC2=CC3CC3C=C2C1=O.[HH]. The quantitative estimate of drug-likeness (QED) is 0.591. The van der Waals surface area contributed by atoms with Gasteiger partial charge in [-0.05, 0) is 18.3 Å². The number of fused-ring (bicyclic) bond motifs is 2. The highest BCUT2D eigenvalue weighted by Gasteiger charge is 2.43. The number of rotatable bonds is 0. The van der Waals surface area contributed by atoms with Crippen LogP contribution in [-0.2, 0) is 9.59 Å². The first-order chi connectivity index (χ1) is 6.75. The van der Waals surface area contributed by atoms with Crippen molar-refractivity contribution in [2.24, 2.45) is 11.8 Å². The van der Waals surface area contributed by atoms with Crippen LogP contribution in [0.5, 0.6) is 0 Å². The van der Waals surface area contributed by atoms with Crippen molar-refractivity contribution >= 4 is 11.7 Å². The van der Waals surface area contributed by atoms with Gasteiger partial charge in [0.1, 0.15) is 0 Å². The van der Waals surface area contributed by atoms with Crippen molar-refractivity contribution in [1.29, 1.82) is 0 Å². The van der Waals surface area contributed by atoms with E-state index in [0.29, 0.717) is 17.4 Å². The minimum absolute atomic E-state index is 0. The summed E-state index contributed by atoms with van der Waals surface area (Å²) in [6, 6.07) is 0. The molecule has 2 unspecified atom stereocenters. The molecule has 2 atom stereocenters. The van der Waals surface area contributed by atoms with Gasteiger partial charge in [0, 0.05) is 12.7 Å². The molecule has 76 valence electrons. The van der Waals surface area contributed by atoms with Gasteiger partial charge >= 0.3 is 0 Å². The molecule has 1 saturated heterocycles. The van der Waals surface area contributed by atoms with Crippen molar-refractivity contribution in [3.8, 4) is 0 Å². The average molecular weight is 193 g/mol. The molecule has 3 nitrogen and oxygen atoms in total.